The Hall–Kier alpha value is -1.10. The van der Waals surface area contributed by atoms with Crippen molar-refractivity contribution < 1.29 is 19.2 Å². The van der Waals surface area contributed by atoms with Crippen molar-refractivity contribution in [2.24, 2.45) is 11.3 Å². The number of hydrogen-bond acceptors (Lipinski definition) is 4. The molecular weight excluding hydrogens is 234 g/mol. The normalized spacial score (nSPS) is 13.9. The quantitative estimate of drug-likeness (QED) is 0.477. The van der Waals surface area contributed by atoms with Crippen molar-refractivity contribution in [3.05, 3.63) is 0 Å². The maximum atomic E-state index is 11.6. The summed E-state index contributed by atoms with van der Waals surface area (Å²) in [4.78, 5) is 28.3. The third kappa shape index (κ3) is 8.06. The van der Waals surface area contributed by atoms with Crippen LogP contribution < -0.4 is 5.48 Å². The van der Waals surface area contributed by atoms with Gasteiger partial charge in [0, 0.05) is 0 Å². The SMILES string of the molecule is C[C@@H](C(=O)NOC(C)(C)C)C(=O)OCC(C)(C)C. The molecule has 1 amide bonds. The van der Waals surface area contributed by atoms with E-state index in [9.17, 15) is 9.59 Å². The summed E-state index contributed by atoms with van der Waals surface area (Å²) in [6, 6.07) is 0. The standard InChI is InChI=1S/C13H25NO4/c1-9(10(15)14-18-13(5,6)7)11(16)17-8-12(2,3)4/h9H,8H2,1-7H3,(H,14,15)/t9-/m0/s1. The molecule has 1 atom stereocenters. The van der Waals surface area contributed by atoms with Gasteiger partial charge in [0.15, 0.2) is 0 Å². The number of carbonyl (C=O) groups is 2. The number of hydrogen-bond donors (Lipinski definition) is 1. The Morgan fingerprint density at radius 1 is 1.11 bits per heavy atom. The van der Waals surface area contributed by atoms with Crippen molar-refractivity contribution in [3.8, 4) is 0 Å². The molecule has 1 N–H and O–H groups in total. The number of ether oxygens (including phenoxy) is 1. The Morgan fingerprint density at radius 2 is 1.61 bits per heavy atom. The van der Waals surface area contributed by atoms with Gasteiger partial charge < -0.3 is 4.74 Å². The smallest absolute Gasteiger partial charge is 0.318 e. The Bertz CT molecular complexity index is 269. The highest BCUT2D eigenvalue weighted by Gasteiger charge is 2.26. The van der Waals surface area contributed by atoms with Crippen molar-refractivity contribution in [1.29, 1.82) is 0 Å². The molecule has 0 aromatic heterocycles. The van der Waals surface area contributed by atoms with E-state index in [4.69, 9.17) is 9.57 Å². The highest BCUT2D eigenvalue weighted by molar-refractivity contribution is 5.96. The first-order valence-corrected chi connectivity index (χ1v) is 6.07. The molecule has 0 saturated carbocycles. The number of nitrogens with one attached hydrogen (secondary N) is 1. The monoisotopic (exact) mass is 259 g/mol. The van der Waals surface area contributed by atoms with Gasteiger partial charge >= 0.3 is 5.97 Å². The highest BCUT2D eigenvalue weighted by Crippen LogP contribution is 2.14. The van der Waals surface area contributed by atoms with E-state index in [0.717, 1.165) is 0 Å². The lowest BCUT2D eigenvalue weighted by Crippen LogP contribution is -2.39. The Balaban J connectivity index is 4.17. The average Bonchev–Trinajstić information content (AvgIpc) is 2.19. The van der Waals surface area contributed by atoms with E-state index in [1.165, 1.54) is 6.92 Å². The van der Waals surface area contributed by atoms with Gasteiger partial charge in [0.2, 0.25) is 0 Å². The highest BCUT2D eigenvalue weighted by atomic mass is 16.7. The maximum absolute atomic E-state index is 11.6. The van der Waals surface area contributed by atoms with Gasteiger partial charge in [0.05, 0.1) is 12.2 Å². The predicted molar refractivity (Wildman–Crippen MR) is 68.6 cm³/mol. The summed E-state index contributed by atoms with van der Waals surface area (Å²) < 4.78 is 5.07. The Morgan fingerprint density at radius 3 is 2.00 bits per heavy atom. The lowest BCUT2D eigenvalue weighted by Gasteiger charge is -2.22. The number of rotatable bonds is 4. The van der Waals surface area contributed by atoms with E-state index in [0.29, 0.717) is 0 Å². The molecule has 5 heteroatoms. The summed E-state index contributed by atoms with van der Waals surface area (Å²) >= 11 is 0. The van der Waals surface area contributed by atoms with E-state index in [2.05, 4.69) is 5.48 Å². The van der Waals surface area contributed by atoms with Gasteiger partial charge in [-0.15, -0.1) is 0 Å². The van der Waals surface area contributed by atoms with Crippen LogP contribution in [0.1, 0.15) is 48.5 Å². The Labute approximate surface area is 109 Å². The van der Waals surface area contributed by atoms with Crippen molar-refractivity contribution in [2.45, 2.75) is 54.1 Å². The van der Waals surface area contributed by atoms with Crippen molar-refractivity contribution in [1.82, 2.24) is 5.48 Å². The van der Waals surface area contributed by atoms with Crippen LogP contribution in [0.5, 0.6) is 0 Å². The van der Waals surface area contributed by atoms with Crippen molar-refractivity contribution in [3.63, 3.8) is 0 Å². The van der Waals surface area contributed by atoms with Crippen LogP contribution in [0.2, 0.25) is 0 Å². The first kappa shape index (κ1) is 16.9. The van der Waals surface area contributed by atoms with Gasteiger partial charge in [-0.3, -0.25) is 14.4 Å². The minimum Gasteiger partial charge on any atom is -0.465 e. The van der Waals surface area contributed by atoms with Gasteiger partial charge in [-0.05, 0) is 33.1 Å². The fourth-order valence-electron chi connectivity index (χ4n) is 0.811. The summed E-state index contributed by atoms with van der Waals surface area (Å²) in [5, 5.41) is 0. The maximum Gasteiger partial charge on any atom is 0.318 e. The largest absolute Gasteiger partial charge is 0.465 e. The second-order valence-electron chi connectivity index (χ2n) is 6.57. The summed E-state index contributed by atoms with van der Waals surface area (Å²) in [6.45, 7) is 13.0. The number of carbonyl (C=O) groups excluding carboxylic acids is 2. The zero-order chi connectivity index (χ0) is 14.6. The van der Waals surface area contributed by atoms with Crippen LogP contribution in [0.15, 0.2) is 0 Å². The average molecular weight is 259 g/mol. The van der Waals surface area contributed by atoms with E-state index in [-0.39, 0.29) is 12.0 Å². The second-order valence-corrected chi connectivity index (χ2v) is 6.57. The second kappa shape index (κ2) is 6.18. The minimum atomic E-state index is -0.880. The lowest BCUT2D eigenvalue weighted by atomic mass is 9.98. The van der Waals surface area contributed by atoms with Gasteiger partial charge in [-0.2, -0.15) is 0 Å². The third-order valence-corrected chi connectivity index (χ3v) is 1.85. The number of hydroxylamine groups is 1. The molecule has 0 aromatic carbocycles. The fourth-order valence-corrected chi connectivity index (χ4v) is 0.811. The Kier molecular flexibility index (Phi) is 5.80. The van der Waals surface area contributed by atoms with Crippen LogP contribution in [0, 0.1) is 11.3 Å². The molecule has 0 aromatic rings. The zero-order valence-electron chi connectivity index (χ0n) is 12.4. The van der Waals surface area contributed by atoms with E-state index < -0.39 is 23.4 Å². The molecule has 0 bridgehead atoms. The molecule has 18 heavy (non-hydrogen) atoms. The number of esters is 1. The minimum absolute atomic E-state index is 0.117. The summed E-state index contributed by atoms with van der Waals surface area (Å²) in [6.07, 6.45) is 0. The summed E-state index contributed by atoms with van der Waals surface area (Å²) in [5.74, 6) is -1.92. The molecule has 106 valence electrons. The first-order chi connectivity index (χ1) is 7.92. The van der Waals surface area contributed by atoms with Gasteiger partial charge in [0.25, 0.3) is 5.91 Å². The molecule has 0 aliphatic carbocycles. The topological polar surface area (TPSA) is 64.6 Å². The van der Waals surface area contributed by atoms with Crippen LogP contribution >= 0.6 is 0 Å². The van der Waals surface area contributed by atoms with Crippen LogP contribution in [0.25, 0.3) is 0 Å². The molecule has 0 spiro atoms. The molecule has 0 saturated heterocycles. The van der Waals surface area contributed by atoms with Crippen LogP contribution in [0.3, 0.4) is 0 Å². The van der Waals surface area contributed by atoms with Crippen molar-refractivity contribution >= 4 is 11.9 Å². The van der Waals surface area contributed by atoms with Crippen LogP contribution in [-0.2, 0) is 19.2 Å². The molecule has 0 aliphatic rings. The first-order valence-electron chi connectivity index (χ1n) is 6.07. The zero-order valence-corrected chi connectivity index (χ0v) is 12.4. The van der Waals surface area contributed by atoms with Gasteiger partial charge in [0.1, 0.15) is 5.92 Å². The lowest BCUT2D eigenvalue weighted by molar-refractivity contribution is -0.162. The molecule has 0 fully saturated rings. The van der Waals surface area contributed by atoms with Crippen LogP contribution in [0.4, 0.5) is 0 Å². The van der Waals surface area contributed by atoms with Crippen molar-refractivity contribution in [2.75, 3.05) is 6.61 Å². The van der Waals surface area contributed by atoms with E-state index in [1.807, 2.05) is 20.8 Å². The molecular formula is C13H25NO4. The van der Waals surface area contributed by atoms with Crippen LogP contribution in [-0.4, -0.2) is 24.1 Å². The van der Waals surface area contributed by atoms with E-state index >= 15 is 0 Å². The van der Waals surface area contributed by atoms with Gasteiger partial charge in [-0.25, -0.2) is 5.48 Å². The summed E-state index contributed by atoms with van der Waals surface area (Å²) in [7, 11) is 0. The van der Waals surface area contributed by atoms with Gasteiger partial charge in [-0.1, -0.05) is 20.8 Å². The molecule has 5 nitrogen and oxygen atoms in total. The molecule has 0 rings (SSSR count). The molecule has 0 heterocycles. The summed E-state index contributed by atoms with van der Waals surface area (Å²) in [5.41, 5.74) is 1.65. The molecule has 0 radical (unpaired) electrons. The number of amides is 1. The molecule has 0 aliphatic heterocycles. The predicted octanol–water partition coefficient (Wildman–Crippen LogP) is 2.06. The molecule has 0 unspecified atom stereocenters. The fraction of sp³-hybridized carbons (Fsp3) is 0.846. The third-order valence-electron chi connectivity index (χ3n) is 1.85. The van der Waals surface area contributed by atoms with E-state index in [1.54, 1.807) is 20.8 Å².